The number of nitrogens with one attached hydrogen (secondary N) is 3. The minimum absolute atomic E-state index is 0.829. The van der Waals surface area contributed by atoms with Crippen molar-refractivity contribution in [2.24, 2.45) is 0 Å². The highest BCUT2D eigenvalue weighted by molar-refractivity contribution is 5.97. The Kier molecular flexibility index (Phi) is 4.47. The predicted octanol–water partition coefficient (Wildman–Crippen LogP) is 6.25. The molecule has 6 aromatic rings. The molecule has 0 saturated carbocycles. The Bertz CT molecular complexity index is 1580. The van der Waals surface area contributed by atoms with Crippen LogP contribution in [0.3, 0.4) is 0 Å². The van der Waals surface area contributed by atoms with Gasteiger partial charge in [0.15, 0.2) is 0 Å². The summed E-state index contributed by atoms with van der Waals surface area (Å²) in [5.41, 5.74) is 8.67. The summed E-state index contributed by atoms with van der Waals surface area (Å²) in [6.45, 7) is 4.16. The fourth-order valence-corrected chi connectivity index (χ4v) is 4.05. The first-order valence-corrected chi connectivity index (χ1v) is 10.6. The molecule has 0 aliphatic rings. The smallest absolute Gasteiger partial charge is 0.116 e. The van der Waals surface area contributed by atoms with E-state index in [-0.39, 0.29) is 0 Å². The maximum atomic E-state index is 4.57. The number of benzene rings is 2. The molecular formula is C27H20N6. The third-order valence-corrected chi connectivity index (χ3v) is 5.73. The van der Waals surface area contributed by atoms with Gasteiger partial charge in [-0.3, -0.25) is 15.1 Å². The van der Waals surface area contributed by atoms with Gasteiger partial charge in [0.05, 0.1) is 23.1 Å². The third-order valence-electron chi connectivity index (χ3n) is 5.73. The largest absolute Gasteiger partial charge is 0.354 e. The summed E-state index contributed by atoms with van der Waals surface area (Å²) in [6, 6.07) is 22.4. The molecule has 3 N–H and O–H groups in total. The van der Waals surface area contributed by atoms with E-state index in [9.17, 15) is 0 Å². The van der Waals surface area contributed by atoms with Crippen LogP contribution in [0.25, 0.3) is 50.0 Å². The van der Waals surface area contributed by atoms with Gasteiger partial charge in [0.1, 0.15) is 5.69 Å². The van der Waals surface area contributed by atoms with Crippen molar-refractivity contribution in [2.75, 3.05) is 5.32 Å². The summed E-state index contributed by atoms with van der Waals surface area (Å²) >= 11 is 0. The van der Waals surface area contributed by atoms with E-state index in [4.69, 9.17) is 0 Å². The summed E-state index contributed by atoms with van der Waals surface area (Å²) < 4.78 is 0. The summed E-state index contributed by atoms with van der Waals surface area (Å²) in [4.78, 5) is 12.1. The molecule has 0 radical (unpaired) electrons. The van der Waals surface area contributed by atoms with Crippen molar-refractivity contribution in [2.45, 2.75) is 0 Å². The summed E-state index contributed by atoms with van der Waals surface area (Å²) in [7, 11) is 0. The SMILES string of the molecule is C=C(Nc1cncc(-c2ccc3[nH]nc(-c4cc5cnccc5[nH]4)c3c2)c1)c1ccccc1. The number of H-pyrrole nitrogens is 2. The van der Waals surface area contributed by atoms with E-state index in [1.165, 1.54) is 0 Å². The number of fused-ring (bicyclic) bond motifs is 2. The van der Waals surface area contributed by atoms with Gasteiger partial charge in [0.25, 0.3) is 0 Å². The van der Waals surface area contributed by atoms with Gasteiger partial charge >= 0.3 is 0 Å². The number of nitrogens with zero attached hydrogens (tertiary/aromatic N) is 3. The summed E-state index contributed by atoms with van der Waals surface area (Å²) in [6.07, 6.45) is 7.30. The van der Waals surface area contributed by atoms with E-state index in [1.54, 1.807) is 12.4 Å². The van der Waals surface area contributed by atoms with Crippen molar-refractivity contribution in [3.8, 4) is 22.5 Å². The van der Waals surface area contributed by atoms with Crippen molar-refractivity contribution >= 4 is 33.2 Å². The van der Waals surface area contributed by atoms with E-state index in [0.29, 0.717) is 0 Å². The maximum Gasteiger partial charge on any atom is 0.116 e. The Balaban J connectivity index is 1.36. The molecule has 2 aromatic carbocycles. The number of hydrogen-bond donors (Lipinski definition) is 3. The van der Waals surface area contributed by atoms with Crippen LogP contribution in [0.4, 0.5) is 5.69 Å². The lowest BCUT2D eigenvalue weighted by Crippen LogP contribution is -1.98. The van der Waals surface area contributed by atoms with Crippen molar-refractivity contribution < 1.29 is 0 Å². The topological polar surface area (TPSA) is 82.3 Å². The summed E-state index contributed by atoms with van der Waals surface area (Å²) in [5, 5.41) is 13.2. The molecule has 6 rings (SSSR count). The molecule has 0 atom stereocenters. The van der Waals surface area contributed by atoms with Gasteiger partial charge in [-0.2, -0.15) is 5.10 Å². The van der Waals surface area contributed by atoms with E-state index >= 15 is 0 Å². The minimum atomic E-state index is 0.829. The van der Waals surface area contributed by atoms with Crippen LogP contribution in [0.2, 0.25) is 0 Å². The average Bonchev–Trinajstić information content (AvgIpc) is 3.48. The maximum absolute atomic E-state index is 4.57. The fraction of sp³-hybridized carbons (Fsp3) is 0. The van der Waals surface area contributed by atoms with Gasteiger partial charge in [0.2, 0.25) is 0 Å². The van der Waals surface area contributed by atoms with Crippen molar-refractivity contribution in [1.29, 1.82) is 0 Å². The normalized spacial score (nSPS) is 11.2. The molecule has 6 heteroatoms. The zero-order valence-corrected chi connectivity index (χ0v) is 17.7. The van der Waals surface area contributed by atoms with E-state index < -0.39 is 0 Å². The highest BCUT2D eigenvalue weighted by Crippen LogP contribution is 2.32. The molecule has 0 unspecified atom stereocenters. The van der Waals surface area contributed by atoms with Gasteiger partial charge < -0.3 is 10.3 Å². The molecular weight excluding hydrogens is 408 g/mol. The van der Waals surface area contributed by atoms with Crippen molar-refractivity contribution in [3.05, 3.63) is 104 Å². The van der Waals surface area contributed by atoms with Crippen LogP contribution in [0.5, 0.6) is 0 Å². The molecule has 6 nitrogen and oxygen atoms in total. The Morgan fingerprint density at radius 2 is 1.73 bits per heavy atom. The molecule has 0 aliphatic heterocycles. The molecule has 0 amide bonds. The quantitative estimate of drug-likeness (QED) is 0.303. The lowest BCUT2D eigenvalue weighted by molar-refractivity contribution is 1.12. The highest BCUT2D eigenvalue weighted by Gasteiger charge is 2.13. The van der Waals surface area contributed by atoms with Gasteiger partial charge in [-0.1, -0.05) is 43.0 Å². The van der Waals surface area contributed by atoms with Crippen LogP contribution in [0, 0.1) is 0 Å². The first-order chi connectivity index (χ1) is 16.2. The van der Waals surface area contributed by atoms with E-state index in [0.717, 1.165) is 61.3 Å². The Hall–Kier alpha value is -4.71. The zero-order valence-electron chi connectivity index (χ0n) is 17.7. The second-order valence-corrected chi connectivity index (χ2v) is 7.91. The zero-order chi connectivity index (χ0) is 22.2. The molecule has 33 heavy (non-hydrogen) atoms. The van der Waals surface area contributed by atoms with E-state index in [2.05, 4.69) is 61.3 Å². The summed E-state index contributed by atoms with van der Waals surface area (Å²) in [5.74, 6) is 0. The molecule has 4 aromatic heterocycles. The molecule has 0 aliphatic carbocycles. The van der Waals surface area contributed by atoms with Gasteiger partial charge in [-0.25, -0.2) is 0 Å². The molecule has 4 heterocycles. The van der Waals surface area contributed by atoms with Crippen LogP contribution >= 0.6 is 0 Å². The first kappa shape index (κ1) is 19.0. The Morgan fingerprint density at radius 1 is 0.818 bits per heavy atom. The average molecular weight is 428 g/mol. The Morgan fingerprint density at radius 3 is 2.61 bits per heavy atom. The second kappa shape index (κ2) is 7.76. The van der Waals surface area contributed by atoms with Crippen LogP contribution in [0.15, 0.2) is 98.1 Å². The second-order valence-electron chi connectivity index (χ2n) is 7.91. The van der Waals surface area contributed by atoms with E-state index in [1.807, 2.05) is 54.9 Å². The Labute approximate surface area is 190 Å². The number of aromatic nitrogens is 5. The minimum Gasteiger partial charge on any atom is -0.354 e. The first-order valence-electron chi connectivity index (χ1n) is 10.6. The highest BCUT2D eigenvalue weighted by atomic mass is 15.1. The number of pyridine rings is 2. The number of anilines is 1. The van der Waals surface area contributed by atoms with Crippen LogP contribution in [0.1, 0.15) is 5.56 Å². The molecule has 0 saturated heterocycles. The lowest BCUT2D eigenvalue weighted by atomic mass is 10.0. The van der Waals surface area contributed by atoms with Gasteiger partial charge in [-0.05, 0) is 41.5 Å². The molecule has 0 fully saturated rings. The standard InChI is InChI=1S/C27H20N6/c1-17(18-5-3-2-4-6-18)30-22-11-20(14-29-16-22)19-7-8-25-23(12-19)27(33-32-25)26-13-21-15-28-10-9-24(21)31-26/h2-16,30-31H,1H2,(H,32,33). The van der Waals surface area contributed by atoms with Crippen LogP contribution in [-0.4, -0.2) is 25.1 Å². The third kappa shape index (κ3) is 3.53. The van der Waals surface area contributed by atoms with Crippen molar-refractivity contribution in [1.82, 2.24) is 25.1 Å². The number of hydrogen-bond acceptors (Lipinski definition) is 4. The predicted molar refractivity (Wildman–Crippen MR) is 134 cm³/mol. The number of rotatable bonds is 5. The van der Waals surface area contributed by atoms with Crippen LogP contribution in [-0.2, 0) is 0 Å². The monoisotopic (exact) mass is 428 g/mol. The number of aromatic amines is 2. The lowest BCUT2D eigenvalue weighted by Gasteiger charge is -2.11. The molecule has 0 spiro atoms. The molecule has 0 bridgehead atoms. The van der Waals surface area contributed by atoms with Gasteiger partial charge in [0, 0.05) is 46.1 Å². The van der Waals surface area contributed by atoms with Gasteiger partial charge in [-0.15, -0.1) is 0 Å². The molecule has 158 valence electrons. The van der Waals surface area contributed by atoms with Crippen molar-refractivity contribution in [3.63, 3.8) is 0 Å². The fourth-order valence-electron chi connectivity index (χ4n) is 4.05. The van der Waals surface area contributed by atoms with Crippen LogP contribution < -0.4 is 5.32 Å².